The zero-order chi connectivity index (χ0) is 16.8. The van der Waals surface area contributed by atoms with Crippen LogP contribution in [-0.2, 0) is 9.53 Å². The van der Waals surface area contributed by atoms with Crippen molar-refractivity contribution in [3.63, 3.8) is 0 Å². The lowest BCUT2D eigenvalue weighted by molar-refractivity contribution is -0.126. The van der Waals surface area contributed by atoms with E-state index in [1.807, 2.05) is 0 Å². The van der Waals surface area contributed by atoms with Gasteiger partial charge in [-0.2, -0.15) is 0 Å². The molecule has 2 aliphatic heterocycles. The average molecular weight is 353 g/mol. The molecule has 3 aliphatic rings. The SMILES string of the molecule is O=C(N[C@@H](c1cc(F)c(Cl)cc1F)C1COC1)C1C[C@H]2C#C[C@H]2N1. The Labute approximate surface area is 142 Å². The van der Waals surface area contributed by atoms with Gasteiger partial charge < -0.3 is 10.1 Å². The molecule has 4 rings (SSSR count). The van der Waals surface area contributed by atoms with E-state index in [0.29, 0.717) is 19.6 Å². The second-order valence-electron chi connectivity index (χ2n) is 6.40. The summed E-state index contributed by atoms with van der Waals surface area (Å²) in [6.07, 6.45) is 0.634. The van der Waals surface area contributed by atoms with Gasteiger partial charge in [0.15, 0.2) is 0 Å². The van der Waals surface area contributed by atoms with E-state index >= 15 is 0 Å². The van der Waals surface area contributed by atoms with E-state index < -0.39 is 17.7 Å². The van der Waals surface area contributed by atoms with Gasteiger partial charge in [-0.25, -0.2) is 8.78 Å². The molecule has 2 N–H and O–H groups in total. The Balaban J connectivity index is 1.54. The fraction of sp³-hybridized carbons (Fsp3) is 0.471. The van der Waals surface area contributed by atoms with Crippen molar-refractivity contribution in [2.75, 3.05) is 13.2 Å². The molecule has 2 saturated heterocycles. The normalized spacial score (nSPS) is 28.9. The molecule has 4 atom stereocenters. The molecule has 0 saturated carbocycles. The van der Waals surface area contributed by atoms with Gasteiger partial charge >= 0.3 is 0 Å². The van der Waals surface area contributed by atoms with Crippen LogP contribution < -0.4 is 10.6 Å². The topological polar surface area (TPSA) is 50.4 Å². The molecule has 0 radical (unpaired) electrons. The average Bonchev–Trinajstić information content (AvgIpc) is 2.76. The lowest BCUT2D eigenvalue weighted by Crippen LogP contribution is -2.48. The van der Waals surface area contributed by atoms with Gasteiger partial charge in [-0.1, -0.05) is 23.4 Å². The Morgan fingerprint density at radius 1 is 1.33 bits per heavy atom. The van der Waals surface area contributed by atoms with Gasteiger partial charge in [-0.05, 0) is 18.6 Å². The molecule has 1 aromatic carbocycles. The monoisotopic (exact) mass is 352 g/mol. The Morgan fingerprint density at radius 2 is 2.12 bits per heavy atom. The first-order chi connectivity index (χ1) is 11.5. The van der Waals surface area contributed by atoms with Crippen molar-refractivity contribution in [2.24, 2.45) is 11.8 Å². The van der Waals surface area contributed by atoms with E-state index in [1.165, 1.54) is 0 Å². The molecule has 2 fully saturated rings. The Morgan fingerprint density at radius 3 is 2.67 bits per heavy atom. The third kappa shape index (κ3) is 2.67. The number of amides is 1. The van der Waals surface area contributed by atoms with E-state index in [0.717, 1.165) is 12.1 Å². The molecule has 0 spiro atoms. The number of carbonyl (C=O) groups excluding carboxylic acids is 1. The van der Waals surface area contributed by atoms with Gasteiger partial charge in [0.1, 0.15) is 11.6 Å². The van der Waals surface area contributed by atoms with Crippen LogP contribution in [0.4, 0.5) is 8.78 Å². The van der Waals surface area contributed by atoms with E-state index in [9.17, 15) is 13.6 Å². The molecule has 1 amide bonds. The number of rotatable bonds is 4. The van der Waals surface area contributed by atoms with Gasteiger partial charge in [0.2, 0.25) is 5.91 Å². The maximum atomic E-state index is 14.3. The van der Waals surface area contributed by atoms with Crippen LogP contribution in [0.5, 0.6) is 0 Å². The highest BCUT2D eigenvalue weighted by Gasteiger charge is 2.41. The number of fused-ring (bicyclic) bond motifs is 1. The first kappa shape index (κ1) is 15.8. The van der Waals surface area contributed by atoms with E-state index in [-0.39, 0.29) is 40.4 Å². The van der Waals surface area contributed by atoms with Gasteiger partial charge in [0.25, 0.3) is 0 Å². The number of hydrogen-bond acceptors (Lipinski definition) is 3. The number of halogens is 3. The largest absolute Gasteiger partial charge is 0.381 e. The number of ether oxygens (including phenoxy) is 1. The van der Waals surface area contributed by atoms with Crippen LogP contribution in [0.25, 0.3) is 0 Å². The molecule has 0 bridgehead atoms. The summed E-state index contributed by atoms with van der Waals surface area (Å²) in [7, 11) is 0. The Kier molecular flexibility index (Phi) is 3.95. The highest BCUT2D eigenvalue weighted by atomic mass is 35.5. The molecular formula is C17H15ClF2N2O2. The first-order valence-corrected chi connectivity index (χ1v) is 8.20. The highest BCUT2D eigenvalue weighted by Crippen LogP contribution is 2.33. The van der Waals surface area contributed by atoms with E-state index in [2.05, 4.69) is 22.5 Å². The maximum Gasteiger partial charge on any atom is 0.237 e. The van der Waals surface area contributed by atoms with Crippen molar-refractivity contribution in [1.82, 2.24) is 10.6 Å². The summed E-state index contributed by atoms with van der Waals surface area (Å²) in [4.78, 5) is 12.5. The minimum Gasteiger partial charge on any atom is -0.381 e. The smallest absolute Gasteiger partial charge is 0.237 e. The number of nitrogens with one attached hydrogen (secondary N) is 2. The van der Waals surface area contributed by atoms with Gasteiger partial charge in [-0.3, -0.25) is 10.1 Å². The summed E-state index contributed by atoms with van der Waals surface area (Å²) in [6.45, 7) is 0.780. The number of hydrogen-bond donors (Lipinski definition) is 2. The predicted molar refractivity (Wildman–Crippen MR) is 83.2 cm³/mol. The van der Waals surface area contributed by atoms with Crippen molar-refractivity contribution >= 4 is 17.5 Å². The molecular weight excluding hydrogens is 338 g/mol. The van der Waals surface area contributed by atoms with Crippen LogP contribution in [0, 0.1) is 35.3 Å². The van der Waals surface area contributed by atoms with Crippen molar-refractivity contribution in [1.29, 1.82) is 0 Å². The van der Waals surface area contributed by atoms with Gasteiger partial charge in [-0.15, -0.1) is 0 Å². The quantitative estimate of drug-likeness (QED) is 0.641. The summed E-state index contributed by atoms with van der Waals surface area (Å²) >= 11 is 5.62. The van der Waals surface area contributed by atoms with Crippen LogP contribution in [0.1, 0.15) is 18.0 Å². The van der Waals surface area contributed by atoms with Crippen molar-refractivity contribution in [3.05, 3.63) is 34.4 Å². The van der Waals surface area contributed by atoms with Crippen LogP contribution in [0.15, 0.2) is 12.1 Å². The van der Waals surface area contributed by atoms with Crippen LogP contribution >= 0.6 is 11.6 Å². The van der Waals surface area contributed by atoms with E-state index in [1.54, 1.807) is 0 Å². The van der Waals surface area contributed by atoms with Gasteiger partial charge in [0.05, 0.1) is 36.4 Å². The third-order valence-electron chi connectivity index (χ3n) is 4.82. The number of benzene rings is 1. The lowest BCUT2D eigenvalue weighted by Gasteiger charge is -2.35. The molecule has 1 aromatic rings. The molecule has 0 aromatic heterocycles. The fourth-order valence-electron chi connectivity index (χ4n) is 3.28. The van der Waals surface area contributed by atoms with Crippen LogP contribution in [-0.4, -0.2) is 31.2 Å². The van der Waals surface area contributed by atoms with Crippen molar-refractivity contribution in [2.45, 2.75) is 24.5 Å². The lowest BCUT2D eigenvalue weighted by atomic mass is 9.90. The van der Waals surface area contributed by atoms with Gasteiger partial charge in [0, 0.05) is 17.4 Å². The summed E-state index contributed by atoms with van der Waals surface area (Å²) in [5, 5.41) is 5.72. The summed E-state index contributed by atoms with van der Waals surface area (Å²) < 4.78 is 33.2. The summed E-state index contributed by atoms with van der Waals surface area (Å²) in [5.74, 6) is 4.49. The minimum absolute atomic E-state index is 0.0657. The molecule has 1 unspecified atom stereocenters. The molecule has 126 valence electrons. The summed E-state index contributed by atoms with van der Waals surface area (Å²) in [6, 6.07) is 1.02. The zero-order valence-electron chi connectivity index (χ0n) is 12.6. The minimum atomic E-state index is -0.710. The molecule has 2 heterocycles. The molecule has 4 nitrogen and oxygen atoms in total. The molecule has 24 heavy (non-hydrogen) atoms. The second-order valence-corrected chi connectivity index (χ2v) is 6.81. The first-order valence-electron chi connectivity index (χ1n) is 7.82. The Bertz CT molecular complexity index is 741. The number of carbonyl (C=O) groups is 1. The molecule has 7 heteroatoms. The second kappa shape index (κ2) is 5.99. The molecule has 1 aliphatic carbocycles. The zero-order valence-corrected chi connectivity index (χ0v) is 13.4. The maximum absolute atomic E-state index is 14.3. The van der Waals surface area contributed by atoms with Crippen molar-refractivity contribution < 1.29 is 18.3 Å². The Hall–Kier alpha value is -1.68. The van der Waals surface area contributed by atoms with Crippen LogP contribution in [0.3, 0.4) is 0 Å². The highest BCUT2D eigenvalue weighted by molar-refractivity contribution is 6.30. The predicted octanol–water partition coefficient (Wildman–Crippen LogP) is 1.79. The summed E-state index contributed by atoms with van der Waals surface area (Å²) in [5.41, 5.74) is 0.0933. The standard InChI is InChI=1S/C17H15ClF2N2O2/c18-11-5-12(19)10(4-13(11)20)16(9-6-24-7-9)22-17(23)15-3-8-1-2-14(8)21-15/h4-5,8-9,14-16,21H,3,6-7H2,(H,22,23)/t8-,14-,15?,16-/m1/s1. The van der Waals surface area contributed by atoms with E-state index in [4.69, 9.17) is 16.3 Å². The van der Waals surface area contributed by atoms with Crippen molar-refractivity contribution in [3.8, 4) is 11.8 Å². The third-order valence-corrected chi connectivity index (χ3v) is 5.11. The fourth-order valence-corrected chi connectivity index (χ4v) is 3.44. The van der Waals surface area contributed by atoms with Crippen LogP contribution in [0.2, 0.25) is 5.02 Å².